The maximum atomic E-state index is 13.6. The van der Waals surface area contributed by atoms with E-state index in [1.54, 1.807) is 17.8 Å². The van der Waals surface area contributed by atoms with E-state index in [0.29, 0.717) is 12.8 Å². The predicted octanol–water partition coefficient (Wildman–Crippen LogP) is 4.07. The number of thioether (sulfide) groups is 1. The average Bonchev–Trinajstić information content (AvgIpc) is 2.67. The van der Waals surface area contributed by atoms with Crippen LogP contribution in [0.1, 0.15) is 36.4 Å². The van der Waals surface area contributed by atoms with Gasteiger partial charge in [-0.2, -0.15) is 0 Å². The first-order valence-electron chi connectivity index (χ1n) is 9.20. The molecule has 0 spiro atoms. The second-order valence-electron chi connectivity index (χ2n) is 7.03. The minimum Gasteiger partial charge on any atom is -0.349 e. The zero-order valence-electron chi connectivity index (χ0n) is 14.8. The summed E-state index contributed by atoms with van der Waals surface area (Å²) < 4.78 is 13.6. The van der Waals surface area contributed by atoms with Crippen LogP contribution in [0.25, 0.3) is 0 Å². The predicted molar refractivity (Wildman–Crippen MR) is 104 cm³/mol. The molecule has 2 unspecified atom stereocenters. The molecular formula is C21H21FN2O2S. The lowest BCUT2D eigenvalue weighted by Crippen LogP contribution is -2.33. The van der Waals surface area contributed by atoms with Crippen molar-refractivity contribution < 1.29 is 14.0 Å². The van der Waals surface area contributed by atoms with E-state index < -0.39 is 0 Å². The molecule has 0 bridgehead atoms. The molecule has 140 valence electrons. The van der Waals surface area contributed by atoms with Crippen LogP contribution in [0.3, 0.4) is 0 Å². The number of halogens is 1. The van der Waals surface area contributed by atoms with Crippen molar-refractivity contribution in [1.82, 2.24) is 5.32 Å². The Morgan fingerprint density at radius 3 is 3.00 bits per heavy atom. The van der Waals surface area contributed by atoms with E-state index in [2.05, 4.69) is 10.6 Å². The Labute approximate surface area is 161 Å². The Morgan fingerprint density at radius 2 is 2.11 bits per heavy atom. The summed E-state index contributed by atoms with van der Waals surface area (Å²) in [5.74, 6) is 0.299. The quantitative estimate of drug-likeness (QED) is 0.835. The number of hydrogen-bond acceptors (Lipinski definition) is 3. The number of anilines is 1. The fraction of sp³-hybridized carbons (Fsp3) is 0.333. The molecule has 6 heteroatoms. The Balaban J connectivity index is 1.36. The van der Waals surface area contributed by atoms with Gasteiger partial charge in [-0.3, -0.25) is 9.59 Å². The normalized spacial score (nSPS) is 21.0. The van der Waals surface area contributed by atoms with Gasteiger partial charge >= 0.3 is 0 Å². The minimum absolute atomic E-state index is 0.0250. The maximum absolute atomic E-state index is 13.6. The summed E-state index contributed by atoms with van der Waals surface area (Å²) in [4.78, 5) is 25.8. The lowest BCUT2D eigenvalue weighted by atomic mass is 9.89. The number of rotatable bonds is 4. The Morgan fingerprint density at radius 1 is 1.26 bits per heavy atom. The van der Waals surface area contributed by atoms with Crippen molar-refractivity contribution in [2.45, 2.75) is 36.6 Å². The molecule has 0 aromatic heterocycles. The van der Waals surface area contributed by atoms with Gasteiger partial charge in [0.1, 0.15) is 5.82 Å². The number of fused-ring (bicyclic) bond motifs is 2. The molecule has 0 aliphatic carbocycles. The van der Waals surface area contributed by atoms with Crippen LogP contribution in [0.15, 0.2) is 47.4 Å². The fourth-order valence-electron chi connectivity index (χ4n) is 3.73. The van der Waals surface area contributed by atoms with E-state index in [1.165, 1.54) is 12.1 Å². The van der Waals surface area contributed by atoms with Crippen molar-refractivity contribution >= 4 is 29.3 Å². The molecule has 0 saturated heterocycles. The monoisotopic (exact) mass is 384 g/mol. The second kappa shape index (κ2) is 7.72. The first-order chi connectivity index (χ1) is 13.1. The molecule has 0 radical (unpaired) electrons. The first kappa shape index (κ1) is 18.0. The number of para-hydroxylation sites is 1. The van der Waals surface area contributed by atoms with Crippen molar-refractivity contribution in [3.05, 3.63) is 59.4 Å². The van der Waals surface area contributed by atoms with Gasteiger partial charge in [-0.25, -0.2) is 4.39 Å². The smallest absolute Gasteiger partial charge is 0.227 e. The SMILES string of the molecule is O=C(CCC1Cc2ccccc2NC1=O)NC1CCSc2ccc(F)cc21. The Kier molecular flexibility index (Phi) is 5.16. The van der Waals surface area contributed by atoms with Crippen molar-refractivity contribution in [3.8, 4) is 0 Å². The van der Waals surface area contributed by atoms with Gasteiger partial charge < -0.3 is 10.6 Å². The zero-order valence-corrected chi connectivity index (χ0v) is 15.7. The molecular weight excluding hydrogens is 363 g/mol. The molecule has 2 aliphatic rings. The van der Waals surface area contributed by atoms with Crippen molar-refractivity contribution in [3.63, 3.8) is 0 Å². The van der Waals surface area contributed by atoms with Crippen LogP contribution < -0.4 is 10.6 Å². The molecule has 2 aromatic rings. The van der Waals surface area contributed by atoms with Gasteiger partial charge in [0.25, 0.3) is 0 Å². The number of amides is 2. The van der Waals surface area contributed by atoms with Gasteiger partial charge in [-0.15, -0.1) is 11.8 Å². The van der Waals surface area contributed by atoms with E-state index in [4.69, 9.17) is 0 Å². The van der Waals surface area contributed by atoms with Gasteiger partial charge in [0.05, 0.1) is 6.04 Å². The Hall–Kier alpha value is -2.34. The second-order valence-corrected chi connectivity index (χ2v) is 8.16. The van der Waals surface area contributed by atoms with E-state index in [1.807, 2.05) is 24.3 Å². The number of hydrogen-bond donors (Lipinski definition) is 2. The third-order valence-corrected chi connectivity index (χ3v) is 6.30. The van der Waals surface area contributed by atoms with Crippen molar-refractivity contribution in [1.29, 1.82) is 0 Å². The molecule has 27 heavy (non-hydrogen) atoms. The van der Waals surface area contributed by atoms with Crippen LogP contribution in [0.4, 0.5) is 10.1 Å². The average molecular weight is 384 g/mol. The fourth-order valence-corrected chi connectivity index (χ4v) is 4.84. The molecule has 2 N–H and O–H groups in total. The highest BCUT2D eigenvalue weighted by molar-refractivity contribution is 7.99. The molecule has 2 atom stereocenters. The number of benzene rings is 2. The summed E-state index contributed by atoms with van der Waals surface area (Å²) in [7, 11) is 0. The highest BCUT2D eigenvalue weighted by Gasteiger charge is 2.27. The standard InChI is InChI=1S/C21H21FN2O2S/c22-15-6-7-19-16(12-15)18(9-10-27-19)23-20(25)8-5-14-11-13-3-1-2-4-17(13)24-21(14)26/h1-4,6-7,12,14,18H,5,8-11H2,(H,23,25)(H,24,26). The topological polar surface area (TPSA) is 58.2 Å². The largest absolute Gasteiger partial charge is 0.349 e. The number of nitrogens with one attached hydrogen (secondary N) is 2. The molecule has 0 fully saturated rings. The number of carbonyl (C=O) groups is 2. The van der Waals surface area contributed by atoms with E-state index in [9.17, 15) is 14.0 Å². The van der Waals surface area contributed by atoms with E-state index in [0.717, 1.165) is 33.9 Å². The minimum atomic E-state index is -0.284. The van der Waals surface area contributed by atoms with Gasteiger partial charge in [-0.1, -0.05) is 18.2 Å². The summed E-state index contributed by atoms with van der Waals surface area (Å²) in [6.07, 6.45) is 2.23. The van der Waals surface area contributed by atoms with Gasteiger partial charge in [0.2, 0.25) is 11.8 Å². The molecule has 2 aromatic carbocycles. The van der Waals surface area contributed by atoms with E-state index in [-0.39, 0.29) is 36.0 Å². The summed E-state index contributed by atoms with van der Waals surface area (Å²) in [5.41, 5.74) is 2.82. The number of carbonyl (C=O) groups excluding carboxylic acids is 2. The first-order valence-corrected chi connectivity index (χ1v) is 10.2. The van der Waals surface area contributed by atoms with Crippen LogP contribution in [-0.4, -0.2) is 17.6 Å². The third-order valence-electron chi connectivity index (χ3n) is 5.18. The summed E-state index contributed by atoms with van der Waals surface area (Å²) in [6, 6.07) is 12.3. The van der Waals surface area contributed by atoms with Crippen LogP contribution in [-0.2, 0) is 16.0 Å². The lowest BCUT2D eigenvalue weighted by molar-refractivity contribution is -0.123. The van der Waals surface area contributed by atoms with Crippen LogP contribution in [0, 0.1) is 11.7 Å². The Bertz CT molecular complexity index is 886. The summed E-state index contributed by atoms with van der Waals surface area (Å²) in [5, 5.41) is 5.94. The molecule has 2 amide bonds. The summed E-state index contributed by atoms with van der Waals surface area (Å²) in [6.45, 7) is 0. The van der Waals surface area contributed by atoms with Gasteiger partial charge in [-0.05, 0) is 54.7 Å². The van der Waals surface area contributed by atoms with Gasteiger partial charge in [0.15, 0.2) is 0 Å². The molecule has 2 aliphatic heterocycles. The van der Waals surface area contributed by atoms with Gasteiger partial charge in [0, 0.05) is 28.7 Å². The molecule has 0 saturated carbocycles. The summed E-state index contributed by atoms with van der Waals surface area (Å²) >= 11 is 1.69. The molecule has 4 rings (SSSR count). The lowest BCUT2D eigenvalue weighted by Gasteiger charge is -2.27. The van der Waals surface area contributed by atoms with Crippen LogP contribution in [0.2, 0.25) is 0 Å². The molecule has 2 heterocycles. The highest BCUT2D eigenvalue weighted by atomic mass is 32.2. The van der Waals surface area contributed by atoms with Crippen LogP contribution in [0.5, 0.6) is 0 Å². The van der Waals surface area contributed by atoms with Crippen molar-refractivity contribution in [2.24, 2.45) is 5.92 Å². The molecule has 4 nitrogen and oxygen atoms in total. The zero-order chi connectivity index (χ0) is 18.8. The van der Waals surface area contributed by atoms with E-state index >= 15 is 0 Å². The highest BCUT2D eigenvalue weighted by Crippen LogP contribution is 2.36. The van der Waals surface area contributed by atoms with Crippen molar-refractivity contribution in [2.75, 3.05) is 11.1 Å². The van der Waals surface area contributed by atoms with Crippen LogP contribution >= 0.6 is 11.8 Å². The maximum Gasteiger partial charge on any atom is 0.227 e. The third kappa shape index (κ3) is 4.00.